The summed E-state index contributed by atoms with van der Waals surface area (Å²) in [6.45, 7) is 9.58. The Bertz CT molecular complexity index is 1670. The van der Waals surface area contributed by atoms with E-state index >= 15 is 0 Å². The Morgan fingerprint density at radius 3 is 1.81 bits per heavy atom. The second-order valence-electron chi connectivity index (χ2n) is 11.4. The molecule has 0 atom stereocenters. The SMILES string of the molecule is CCCCCCn1c2ccc(C)cc2c2cc(-c3ccc(OCCOC)c(-c4cc(C)ccc4OCCOC)c3)ccc21. The summed E-state index contributed by atoms with van der Waals surface area (Å²) in [7, 11) is 3.38. The summed E-state index contributed by atoms with van der Waals surface area (Å²) in [6.07, 6.45) is 4.99. The van der Waals surface area contributed by atoms with E-state index in [1.165, 1.54) is 58.6 Å². The van der Waals surface area contributed by atoms with Gasteiger partial charge in [0.25, 0.3) is 0 Å². The number of unbranched alkanes of at least 4 members (excludes halogenated alkanes) is 3. The van der Waals surface area contributed by atoms with Gasteiger partial charge in [-0.25, -0.2) is 0 Å². The van der Waals surface area contributed by atoms with Gasteiger partial charge in [0.2, 0.25) is 0 Å². The van der Waals surface area contributed by atoms with Crippen LogP contribution in [0.2, 0.25) is 0 Å². The number of aryl methyl sites for hydroxylation is 3. The van der Waals surface area contributed by atoms with Crippen LogP contribution in [-0.2, 0) is 16.0 Å². The summed E-state index contributed by atoms with van der Waals surface area (Å²) >= 11 is 0. The van der Waals surface area contributed by atoms with E-state index in [1.54, 1.807) is 14.2 Å². The van der Waals surface area contributed by atoms with Crippen molar-refractivity contribution in [3.8, 4) is 33.8 Å². The van der Waals surface area contributed by atoms with Crippen LogP contribution in [0.5, 0.6) is 11.5 Å². The van der Waals surface area contributed by atoms with Gasteiger partial charge in [-0.05, 0) is 79.9 Å². The number of hydrogen-bond donors (Lipinski definition) is 0. The van der Waals surface area contributed by atoms with E-state index in [4.69, 9.17) is 18.9 Å². The highest BCUT2D eigenvalue weighted by Gasteiger charge is 2.17. The first-order valence-corrected chi connectivity index (χ1v) is 15.6. The largest absolute Gasteiger partial charge is 0.491 e. The summed E-state index contributed by atoms with van der Waals surface area (Å²) in [5.41, 5.74) is 9.37. The molecule has 0 saturated carbocycles. The Kier molecular flexibility index (Phi) is 10.4. The first-order chi connectivity index (χ1) is 21.0. The van der Waals surface area contributed by atoms with Crippen LogP contribution in [0, 0.1) is 13.8 Å². The molecule has 5 heteroatoms. The lowest BCUT2D eigenvalue weighted by atomic mass is 9.95. The molecule has 5 rings (SSSR count). The molecule has 4 aromatic carbocycles. The molecule has 0 N–H and O–H groups in total. The monoisotopic (exact) mass is 579 g/mol. The molecule has 0 saturated heterocycles. The Morgan fingerprint density at radius 1 is 0.558 bits per heavy atom. The zero-order chi connectivity index (χ0) is 30.2. The maximum atomic E-state index is 6.23. The van der Waals surface area contributed by atoms with Gasteiger partial charge in [-0.3, -0.25) is 0 Å². The van der Waals surface area contributed by atoms with Crippen molar-refractivity contribution in [3.05, 3.63) is 83.9 Å². The fraction of sp³-hybridized carbons (Fsp3) is 0.368. The predicted octanol–water partition coefficient (Wildman–Crippen LogP) is 9.38. The summed E-state index contributed by atoms with van der Waals surface area (Å²) < 4.78 is 25.4. The van der Waals surface area contributed by atoms with Crippen molar-refractivity contribution in [1.82, 2.24) is 4.57 Å². The Morgan fingerprint density at radius 2 is 1.12 bits per heavy atom. The summed E-state index contributed by atoms with van der Waals surface area (Å²) in [4.78, 5) is 0. The molecule has 1 aromatic heterocycles. The standard InChI is InChI=1S/C38H45NO4/c1-6-7-8-9-18-39-35-14-10-27(2)23-31(35)32-25-29(12-15-36(32)39)30-13-17-38(43-22-20-41-5)34(26-30)33-24-28(3)11-16-37(33)42-21-19-40-4/h10-17,23-26H,6-9,18-22H2,1-5H3. The topological polar surface area (TPSA) is 41.9 Å². The Labute approximate surface area is 256 Å². The normalized spacial score (nSPS) is 11.5. The molecule has 5 aromatic rings. The summed E-state index contributed by atoms with van der Waals surface area (Å²) in [6, 6.07) is 26.5. The number of aromatic nitrogens is 1. The molecule has 0 aliphatic heterocycles. The lowest BCUT2D eigenvalue weighted by Crippen LogP contribution is -2.07. The smallest absolute Gasteiger partial charge is 0.127 e. The van der Waals surface area contributed by atoms with E-state index < -0.39 is 0 Å². The molecule has 0 bridgehead atoms. The predicted molar refractivity (Wildman–Crippen MR) is 179 cm³/mol. The lowest BCUT2D eigenvalue weighted by Gasteiger charge is -2.17. The number of hydrogen-bond acceptors (Lipinski definition) is 4. The van der Waals surface area contributed by atoms with Gasteiger partial charge >= 0.3 is 0 Å². The third-order valence-corrected chi connectivity index (χ3v) is 8.08. The van der Waals surface area contributed by atoms with Crippen molar-refractivity contribution in [2.45, 2.75) is 53.0 Å². The van der Waals surface area contributed by atoms with Gasteiger partial charge in [-0.2, -0.15) is 0 Å². The Hall–Kier alpha value is -3.80. The van der Waals surface area contributed by atoms with Crippen LogP contribution in [0.25, 0.3) is 44.1 Å². The van der Waals surface area contributed by atoms with Crippen molar-refractivity contribution in [2.75, 3.05) is 40.6 Å². The van der Waals surface area contributed by atoms with E-state index in [9.17, 15) is 0 Å². The van der Waals surface area contributed by atoms with Gasteiger partial charge in [0.05, 0.1) is 13.2 Å². The molecule has 0 aliphatic rings. The molecule has 5 nitrogen and oxygen atoms in total. The van der Waals surface area contributed by atoms with Crippen LogP contribution in [-0.4, -0.2) is 45.2 Å². The molecular formula is C38H45NO4. The average molecular weight is 580 g/mol. The minimum atomic E-state index is 0.470. The van der Waals surface area contributed by atoms with Crippen LogP contribution in [0.4, 0.5) is 0 Å². The van der Waals surface area contributed by atoms with E-state index in [-0.39, 0.29) is 0 Å². The molecular weight excluding hydrogens is 534 g/mol. The summed E-state index contributed by atoms with van der Waals surface area (Å²) in [5.74, 6) is 1.62. The molecule has 0 spiro atoms. The van der Waals surface area contributed by atoms with Crippen molar-refractivity contribution in [1.29, 1.82) is 0 Å². The molecule has 0 aliphatic carbocycles. The zero-order valence-corrected chi connectivity index (χ0v) is 26.4. The highest BCUT2D eigenvalue weighted by atomic mass is 16.5. The first kappa shape index (κ1) is 30.7. The van der Waals surface area contributed by atoms with Crippen molar-refractivity contribution in [2.24, 2.45) is 0 Å². The highest BCUT2D eigenvalue weighted by Crippen LogP contribution is 2.41. The third-order valence-electron chi connectivity index (χ3n) is 8.08. The van der Waals surface area contributed by atoms with Crippen molar-refractivity contribution < 1.29 is 18.9 Å². The van der Waals surface area contributed by atoms with Gasteiger partial charge in [0, 0.05) is 53.7 Å². The highest BCUT2D eigenvalue weighted by molar-refractivity contribution is 6.09. The van der Waals surface area contributed by atoms with Crippen molar-refractivity contribution >= 4 is 21.8 Å². The Balaban J connectivity index is 1.60. The van der Waals surface area contributed by atoms with Crippen LogP contribution in [0.3, 0.4) is 0 Å². The maximum Gasteiger partial charge on any atom is 0.127 e. The zero-order valence-electron chi connectivity index (χ0n) is 26.4. The number of benzene rings is 4. The number of rotatable bonds is 15. The molecule has 0 fully saturated rings. The van der Waals surface area contributed by atoms with E-state index in [0.29, 0.717) is 26.4 Å². The van der Waals surface area contributed by atoms with Crippen LogP contribution in [0.15, 0.2) is 72.8 Å². The second-order valence-corrected chi connectivity index (χ2v) is 11.4. The van der Waals surface area contributed by atoms with Crippen LogP contribution >= 0.6 is 0 Å². The second kappa shape index (κ2) is 14.6. The number of ether oxygens (including phenoxy) is 4. The first-order valence-electron chi connectivity index (χ1n) is 15.6. The number of fused-ring (bicyclic) bond motifs is 3. The molecule has 0 radical (unpaired) electrons. The fourth-order valence-corrected chi connectivity index (χ4v) is 5.83. The summed E-state index contributed by atoms with van der Waals surface area (Å²) in [5, 5.41) is 2.62. The molecule has 43 heavy (non-hydrogen) atoms. The van der Waals surface area contributed by atoms with E-state index in [1.807, 2.05) is 6.07 Å². The van der Waals surface area contributed by atoms with E-state index in [0.717, 1.165) is 40.3 Å². The van der Waals surface area contributed by atoms with E-state index in [2.05, 4.69) is 92.1 Å². The maximum absolute atomic E-state index is 6.23. The van der Waals surface area contributed by atoms with Crippen LogP contribution < -0.4 is 9.47 Å². The minimum absolute atomic E-state index is 0.470. The molecule has 0 unspecified atom stereocenters. The third kappa shape index (κ3) is 7.06. The average Bonchev–Trinajstić information content (AvgIpc) is 3.32. The van der Waals surface area contributed by atoms with Crippen LogP contribution in [0.1, 0.15) is 43.7 Å². The van der Waals surface area contributed by atoms with Gasteiger partial charge in [-0.1, -0.05) is 61.6 Å². The van der Waals surface area contributed by atoms with Gasteiger partial charge in [-0.15, -0.1) is 0 Å². The molecule has 1 heterocycles. The molecule has 226 valence electrons. The minimum Gasteiger partial charge on any atom is -0.491 e. The fourth-order valence-electron chi connectivity index (χ4n) is 5.83. The number of methoxy groups -OCH3 is 2. The number of nitrogens with zero attached hydrogens (tertiary/aromatic N) is 1. The molecule has 0 amide bonds. The van der Waals surface area contributed by atoms with Crippen molar-refractivity contribution in [3.63, 3.8) is 0 Å². The van der Waals surface area contributed by atoms with Gasteiger partial charge < -0.3 is 23.5 Å². The van der Waals surface area contributed by atoms with Gasteiger partial charge in [0.15, 0.2) is 0 Å². The van der Waals surface area contributed by atoms with Gasteiger partial charge in [0.1, 0.15) is 24.7 Å². The quantitative estimate of drug-likeness (QED) is 0.116. The lowest BCUT2D eigenvalue weighted by molar-refractivity contribution is 0.145.